The molecule has 3 heterocycles. The number of nitrogens with one attached hydrogen (secondary N) is 1. The van der Waals surface area contributed by atoms with E-state index in [-0.39, 0.29) is 30.0 Å². The second-order valence-corrected chi connectivity index (χ2v) is 7.59. The van der Waals surface area contributed by atoms with Crippen LogP contribution in [-0.2, 0) is 11.2 Å². The van der Waals surface area contributed by atoms with Crippen LogP contribution < -0.4 is 11.1 Å². The third-order valence-electron chi connectivity index (χ3n) is 5.62. The Morgan fingerprint density at radius 1 is 1.22 bits per heavy atom. The van der Waals surface area contributed by atoms with E-state index in [4.69, 9.17) is 10.5 Å². The minimum Gasteiger partial charge on any atom is -0.379 e. The van der Waals surface area contributed by atoms with Crippen LogP contribution in [0.15, 0.2) is 30.7 Å². The number of nitrogens with zero attached hydrogens (tertiary/aromatic N) is 4. The van der Waals surface area contributed by atoms with Crippen LogP contribution in [0.5, 0.6) is 0 Å². The Morgan fingerprint density at radius 3 is 2.78 bits per heavy atom. The van der Waals surface area contributed by atoms with Crippen LogP contribution in [0.2, 0.25) is 0 Å². The van der Waals surface area contributed by atoms with Crippen LogP contribution in [0.3, 0.4) is 0 Å². The highest BCUT2D eigenvalue weighted by molar-refractivity contribution is 5.92. The highest BCUT2D eigenvalue weighted by Gasteiger charge is 2.31. The first-order chi connectivity index (χ1) is 13.2. The third-order valence-corrected chi connectivity index (χ3v) is 5.62. The van der Waals surface area contributed by atoms with Gasteiger partial charge in [0.25, 0.3) is 5.91 Å². The highest BCUT2D eigenvalue weighted by Crippen LogP contribution is 2.27. The average molecular weight is 370 g/mol. The fourth-order valence-electron chi connectivity index (χ4n) is 3.95. The molecule has 1 amide bonds. The molecule has 27 heavy (non-hydrogen) atoms. The Balaban J connectivity index is 1.36. The van der Waals surface area contributed by atoms with E-state index in [0.29, 0.717) is 18.9 Å². The molecule has 8 nitrogen and oxygen atoms in total. The van der Waals surface area contributed by atoms with E-state index >= 15 is 0 Å². The Bertz CT molecular complexity index is 757. The molecule has 0 bridgehead atoms. The molecule has 1 aliphatic carbocycles. The molecule has 2 atom stereocenters. The van der Waals surface area contributed by atoms with E-state index in [1.165, 1.54) is 5.56 Å². The number of carbonyl (C=O) groups is 1. The molecule has 2 aromatic heterocycles. The van der Waals surface area contributed by atoms with Crippen LogP contribution >= 0.6 is 0 Å². The maximum Gasteiger partial charge on any atom is 0.273 e. The predicted octanol–water partition coefficient (Wildman–Crippen LogP) is 1.10. The zero-order chi connectivity index (χ0) is 18.6. The normalized spacial score (nSPS) is 28.2. The lowest BCUT2D eigenvalue weighted by atomic mass is 9.92. The number of amides is 1. The molecule has 0 unspecified atom stereocenters. The molecule has 1 saturated carbocycles. The van der Waals surface area contributed by atoms with Crippen LogP contribution in [0, 0.1) is 5.92 Å². The monoisotopic (exact) mass is 370 g/mol. The van der Waals surface area contributed by atoms with Gasteiger partial charge in [0.1, 0.15) is 0 Å². The van der Waals surface area contributed by atoms with Crippen molar-refractivity contribution in [3.8, 4) is 0 Å². The summed E-state index contributed by atoms with van der Waals surface area (Å²) >= 11 is 0. The van der Waals surface area contributed by atoms with Gasteiger partial charge in [0, 0.05) is 24.4 Å². The molecule has 144 valence electrons. The van der Waals surface area contributed by atoms with Crippen molar-refractivity contribution in [1.82, 2.24) is 25.3 Å². The maximum absolute atomic E-state index is 12.6. The average Bonchev–Trinajstić information content (AvgIpc) is 3.33. The van der Waals surface area contributed by atoms with Crippen molar-refractivity contribution < 1.29 is 9.53 Å². The Morgan fingerprint density at radius 2 is 2.00 bits per heavy atom. The standard InChI is InChI=1S/C19H26N6O2/c20-15-1-3-16(4-2-15)25-10-17(23-24-25)19(26)22-18-12-27-11-14(18)9-13-5-7-21-8-6-13/h5-8,10,14-16,18H,1-4,9,11-12,20H2,(H,22,26)/t14-,15?,16?,18-/m1/s1. The van der Waals surface area contributed by atoms with Gasteiger partial charge in [-0.1, -0.05) is 5.21 Å². The molecule has 2 aromatic rings. The summed E-state index contributed by atoms with van der Waals surface area (Å²) in [6.45, 7) is 1.17. The van der Waals surface area contributed by atoms with Gasteiger partial charge in [-0.15, -0.1) is 5.10 Å². The smallest absolute Gasteiger partial charge is 0.273 e. The van der Waals surface area contributed by atoms with E-state index < -0.39 is 0 Å². The van der Waals surface area contributed by atoms with E-state index in [1.54, 1.807) is 18.6 Å². The van der Waals surface area contributed by atoms with Crippen LogP contribution in [0.4, 0.5) is 0 Å². The zero-order valence-corrected chi connectivity index (χ0v) is 15.3. The van der Waals surface area contributed by atoms with Gasteiger partial charge in [0.2, 0.25) is 0 Å². The van der Waals surface area contributed by atoms with Crippen molar-refractivity contribution in [3.63, 3.8) is 0 Å². The second kappa shape index (κ2) is 8.14. The number of ether oxygens (including phenoxy) is 1. The highest BCUT2D eigenvalue weighted by atomic mass is 16.5. The Hall–Kier alpha value is -2.32. The minimum atomic E-state index is -0.191. The molecular formula is C19H26N6O2. The van der Waals surface area contributed by atoms with Crippen molar-refractivity contribution in [2.45, 2.75) is 50.2 Å². The number of hydrogen-bond acceptors (Lipinski definition) is 6. The molecular weight excluding hydrogens is 344 g/mol. The lowest BCUT2D eigenvalue weighted by Crippen LogP contribution is -2.40. The minimum absolute atomic E-state index is 0.0245. The van der Waals surface area contributed by atoms with Gasteiger partial charge in [-0.25, -0.2) is 4.68 Å². The van der Waals surface area contributed by atoms with Gasteiger partial charge < -0.3 is 15.8 Å². The molecule has 1 saturated heterocycles. The van der Waals surface area contributed by atoms with Crippen molar-refractivity contribution in [2.24, 2.45) is 11.7 Å². The number of pyridine rings is 1. The van der Waals surface area contributed by atoms with Crippen molar-refractivity contribution >= 4 is 5.91 Å². The summed E-state index contributed by atoms with van der Waals surface area (Å²) in [5.41, 5.74) is 7.52. The lowest BCUT2D eigenvalue weighted by molar-refractivity contribution is 0.0920. The van der Waals surface area contributed by atoms with Crippen LogP contribution in [0.25, 0.3) is 0 Å². The van der Waals surface area contributed by atoms with Gasteiger partial charge in [0.15, 0.2) is 5.69 Å². The fourth-order valence-corrected chi connectivity index (χ4v) is 3.95. The predicted molar refractivity (Wildman–Crippen MR) is 99.0 cm³/mol. The van der Waals surface area contributed by atoms with Gasteiger partial charge in [-0.2, -0.15) is 0 Å². The van der Waals surface area contributed by atoms with Crippen molar-refractivity contribution in [1.29, 1.82) is 0 Å². The van der Waals surface area contributed by atoms with Crippen molar-refractivity contribution in [2.75, 3.05) is 13.2 Å². The molecule has 0 aromatic carbocycles. The zero-order valence-electron chi connectivity index (χ0n) is 15.3. The topological polar surface area (TPSA) is 108 Å². The summed E-state index contributed by atoms with van der Waals surface area (Å²) in [5, 5.41) is 11.3. The molecule has 2 fully saturated rings. The SMILES string of the molecule is NC1CCC(n2cc(C(=O)N[C@@H]3COC[C@H]3Cc3ccncc3)nn2)CC1. The molecule has 0 radical (unpaired) electrons. The lowest BCUT2D eigenvalue weighted by Gasteiger charge is -2.25. The summed E-state index contributed by atoms with van der Waals surface area (Å²) in [5.74, 6) is 0.0511. The Kier molecular flexibility index (Phi) is 5.45. The summed E-state index contributed by atoms with van der Waals surface area (Å²) in [4.78, 5) is 16.7. The van der Waals surface area contributed by atoms with E-state index in [9.17, 15) is 4.79 Å². The first-order valence-electron chi connectivity index (χ1n) is 9.64. The van der Waals surface area contributed by atoms with Gasteiger partial charge in [-0.05, 0) is 49.8 Å². The number of nitrogens with two attached hydrogens (primary N) is 1. The summed E-state index contributed by atoms with van der Waals surface area (Å²) < 4.78 is 7.43. The van der Waals surface area contributed by atoms with Gasteiger partial charge in [-0.3, -0.25) is 9.78 Å². The third kappa shape index (κ3) is 4.33. The molecule has 0 spiro atoms. The second-order valence-electron chi connectivity index (χ2n) is 7.59. The molecule has 4 rings (SSSR count). The number of rotatable bonds is 5. The first kappa shape index (κ1) is 18.1. The Labute approximate surface area is 158 Å². The number of hydrogen-bond donors (Lipinski definition) is 2. The molecule has 2 aliphatic rings. The summed E-state index contributed by atoms with van der Waals surface area (Å²) in [7, 11) is 0. The number of carbonyl (C=O) groups excluding carboxylic acids is 1. The van der Waals surface area contributed by atoms with E-state index in [1.807, 2.05) is 16.8 Å². The van der Waals surface area contributed by atoms with E-state index in [0.717, 1.165) is 32.1 Å². The quantitative estimate of drug-likeness (QED) is 0.816. The number of aromatic nitrogens is 4. The largest absolute Gasteiger partial charge is 0.379 e. The first-order valence-corrected chi connectivity index (χ1v) is 9.64. The van der Waals surface area contributed by atoms with Gasteiger partial charge in [0.05, 0.1) is 31.5 Å². The fraction of sp³-hybridized carbons (Fsp3) is 0.579. The molecule has 3 N–H and O–H groups in total. The maximum atomic E-state index is 12.6. The van der Waals surface area contributed by atoms with E-state index in [2.05, 4.69) is 20.6 Å². The van der Waals surface area contributed by atoms with Crippen LogP contribution in [-0.4, -0.2) is 51.2 Å². The summed E-state index contributed by atoms with van der Waals surface area (Å²) in [6, 6.07) is 4.54. The summed E-state index contributed by atoms with van der Waals surface area (Å²) in [6.07, 6.45) is 10.1. The molecule has 1 aliphatic heterocycles. The van der Waals surface area contributed by atoms with Gasteiger partial charge >= 0.3 is 0 Å². The van der Waals surface area contributed by atoms with Crippen molar-refractivity contribution in [3.05, 3.63) is 42.0 Å². The van der Waals surface area contributed by atoms with Crippen LogP contribution in [0.1, 0.15) is 47.8 Å². The molecule has 8 heteroatoms.